The van der Waals surface area contributed by atoms with Crippen molar-refractivity contribution in [2.75, 3.05) is 36.6 Å². The summed E-state index contributed by atoms with van der Waals surface area (Å²) in [6, 6.07) is 15.2. The predicted octanol–water partition coefficient (Wildman–Crippen LogP) is 3.57. The van der Waals surface area contributed by atoms with Crippen LogP contribution < -0.4 is 15.2 Å². The molecule has 0 atom stereocenters. The van der Waals surface area contributed by atoms with E-state index in [1.54, 1.807) is 18.8 Å². The third-order valence-corrected chi connectivity index (χ3v) is 7.60. The highest BCUT2D eigenvalue weighted by Crippen LogP contribution is 2.42. The maximum Gasteiger partial charge on any atom is 0.262 e. The molecule has 0 saturated carbocycles. The number of nitrogens with zero attached hydrogens (tertiary/aromatic N) is 4. The predicted molar refractivity (Wildman–Crippen MR) is 131 cm³/mol. The Bertz CT molecular complexity index is 1370. The smallest absolute Gasteiger partial charge is 0.262 e. The van der Waals surface area contributed by atoms with E-state index in [0.29, 0.717) is 58.5 Å². The van der Waals surface area contributed by atoms with E-state index in [-0.39, 0.29) is 5.56 Å². The van der Waals surface area contributed by atoms with Gasteiger partial charge in [0, 0.05) is 37.5 Å². The summed E-state index contributed by atoms with van der Waals surface area (Å²) in [5.74, 6) is 1.67. The lowest BCUT2D eigenvalue weighted by Crippen LogP contribution is -2.38. The van der Waals surface area contributed by atoms with E-state index >= 15 is 0 Å². The van der Waals surface area contributed by atoms with E-state index < -0.39 is 10.6 Å². The number of aryl methyl sites for hydroxylation is 1. The number of hydrogen-bond acceptors (Lipinski definition) is 7. The molecule has 0 amide bonds. The molecule has 0 radical (unpaired) electrons. The Morgan fingerprint density at radius 2 is 1.82 bits per heavy atom. The second-order valence-electron chi connectivity index (χ2n) is 8.03. The molecule has 33 heavy (non-hydrogen) atoms. The van der Waals surface area contributed by atoms with E-state index in [2.05, 4.69) is 15.0 Å². The highest BCUT2D eigenvalue weighted by atomic mass is 32.3. The summed E-state index contributed by atoms with van der Waals surface area (Å²) in [6.07, 6.45) is 0. The summed E-state index contributed by atoms with van der Waals surface area (Å²) in [5.41, 5.74) is 3.23. The molecule has 0 unspecified atom stereocenters. The maximum absolute atomic E-state index is 13.1. The first-order chi connectivity index (χ1) is 15.9. The Balaban J connectivity index is 1.55. The normalized spacial score (nSPS) is 16.7. The summed E-state index contributed by atoms with van der Waals surface area (Å²) in [4.78, 5) is 22.8. The van der Waals surface area contributed by atoms with E-state index in [1.165, 1.54) is 0 Å². The third-order valence-electron chi connectivity index (χ3n) is 5.92. The van der Waals surface area contributed by atoms with Gasteiger partial charge in [-0.15, -0.1) is 0 Å². The molecule has 3 N–H and O–H groups in total. The molecule has 10 heteroatoms. The number of nitrogens with one attached hydrogen (secondary N) is 1. The molecule has 1 aliphatic heterocycles. The molecule has 0 bridgehead atoms. The Morgan fingerprint density at radius 1 is 1.09 bits per heavy atom. The SMILES string of the molecule is COc1cc(N2CCS(O)(O)CC2)ccc1-c1nc2c(c(-c3ccccc3)nn2C)c(=O)[nH]1. The Hall–Kier alpha value is -3.34. The van der Waals surface area contributed by atoms with Crippen LogP contribution in [0.2, 0.25) is 0 Å². The van der Waals surface area contributed by atoms with Crippen molar-refractivity contribution in [2.45, 2.75) is 0 Å². The van der Waals surface area contributed by atoms with Gasteiger partial charge in [0.25, 0.3) is 5.56 Å². The summed E-state index contributed by atoms with van der Waals surface area (Å²) in [7, 11) is 0.874. The molecule has 9 nitrogen and oxygen atoms in total. The zero-order chi connectivity index (χ0) is 23.2. The zero-order valence-corrected chi connectivity index (χ0v) is 19.2. The van der Waals surface area contributed by atoms with E-state index in [1.807, 2.05) is 48.5 Å². The van der Waals surface area contributed by atoms with Crippen molar-refractivity contribution in [3.63, 3.8) is 0 Å². The molecule has 0 aliphatic carbocycles. The van der Waals surface area contributed by atoms with Crippen molar-refractivity contribution in [3.8, 4) is 28.4 Å². The summed E-state index contributed by atoms with van der Waals surface area (Å²) in [5, 5.41) is 4.98. The number of anilines is 1. The number of hydrogen-bond donors (Lipinski definition) is 3. The van der Waals surface area contributed by atoms with Gasteiger partial charge in [-0.2, -0.15) is 15.7 Å². The van der Waals surface area contributed by atoms with Gasteiger partial charge in [0.2, 0.25) is 0 Å². The largest absolute Gasteiger partial charge is 0.496 e. The number of methoxy groups -OCH3 is 1. The van der Waals surface area contributed by atoms with Gasteiger partial charge in [0.05, 0.1) is 24.2 Å². The average molecular weight is 468 g/mol. The van der Waals surface area contributed by atoms with Crippen LogP contribution in [0.3, 0.4) is 0 Å². The molecule has 1 fully saturated rings. The molecule has 2 aromatic heterocycles. The van der Waals surface area contributed by atoms with Crippen molar-refractivity contribution >= 4 is 27.3 Å². The zero-order valence-electron chi connectivity index (χ0n) is 18.4. The minimum absolute atomic E-state index is 0.269. The van der Waals surface area contributed by atoms with Gasteiger partial charge in [-0.05, 0) is 12.1 Å². The van der Waals surface area contributed by atoms with Crippen LogP contribution in [0.5, 0.6) is 5.75 Å². The number of fused-ring (bicyclic) bond motifs is 1. The number of aromatic amines is 1. The van der Waals surface area contributed by atoms with Gasteiger partial charge >= 0.3 is 0 Å². The first-order valence-corrected chi connectivity index (χ1v) is 12.4. The van der Waals surface area contributed by atoms with Crippen LogP contribution in [0.4, 0.5) is 5.69 Å². The minimum atomic E-state index is -2.47. The van der Waals surface area contributed by atoms with Crippen LogP contribution in [-0.2, 0) is 7.05 Å². The fourth-order valence-corrected chi connectivity index (χ4v) is 5.37. The number of H-pyrrole nitrogens is 1. The van der Waals surface area contributed by atoms with Gasteiger partial charge in [-0.25, -0.2) is 9.67 Å². The Kier molecular flexibility index (Phi) is 5.35. The van der Waals surface area contributed by atoms with Gasteiger partial charge < -0.3 is 14.6 Å². The quantitative estimate of drug-likeness (QED) is 0.420. The van der Waals surface area contributed by atoms with Gasteiger partial charge in [-0.3, -0.25) is 13.9 Å². The Labute approximate surface area is 192 Å². The lowest BCUT2D eigenvalue weighted by molar-refractivity contribution is 0.416. The van der Waals surface area contributed by atoms with Crippen molar-refractivity contribution in [2.24, 2.45) is 7.05 Å². The number of aromatic nitrogens is 4. The summed E-state index contributed by atoms with van der Waals surface area (Å²) >= 11 is 0. The molecule has 1 saturated heterocycles. The maximum atomic E-state index is 13.1. The summed E-state index contributed by atoms with van der Waals surface area (Å²) in [6.45, 7) is 1.12. The van der Waals surface area contributed by atoms with Crippen LogP contribution in [0.1, 0.15) is 0 Å². The van der Waals surface area contributed by atoms with Crippen molar-refractivity contribution in [3.05, 3.63) is 58.9 Å². The lowest BCUT2D eigenvalue weighted by Gasteiger charge is -2.42. The molecular formula is C23H25N5O4S. The van der Waals surface area contributed by atoms with Crippen LogP contribution >= 0.6 is 10.6 Å². The third kappa shape index (κ3) is 3.97. The second kappa shape index (κ2) is 8.22. The van der Waals surface area contributed by atoms with Gasteiger partial charge in [0.15, 0.2) is 5.65 Å². The fraction of sp³-hybridized carbons (Fsp3) is 0.261. The molecule has 5 rings (SSSR count). The minimum Gasteiger partial charge on any atom is -0.496 e. The number of benzene rings is 2. The number of ether oxygens (including phenoxy) is 1. The van der Waals surface area contributed by atoms with E-state index in [0.717, 1.165) is 11.3 Å². The average Bonchev–Trinajstić information content (AvgIpc) is 3.16. The van der Waals surface area contributed by atoms with Crippen molar-refractivity contribution < 1.29 is 13.8 Å². The first kappa shape index (κ1) is 21.5. The highest BCUT2D eigenvalue weighted by molar-refractivity contribution is 8.24. The molecule has 4 aromatic rings. The standard InChI is InChI=1S/C23H25N5O4S/c1-27-22-19(20(26-27)15-6-4-3-5-7-15)23(29)25-21(24-22)17-9-8-16(14-18(17)32-2)28-10-12-33(30,31)13-11-28/h3-9,14,30-31H,10-13H2,1-2H3,(H,24,25,29). The topological polar surface area (TPSA) is 116 Å². The second-order valence-corrected chi connectivity index (χ2v) is 10.5. The van der Waals surface area contributed by atoms with Crippen LogP contribution in [0.15, 0.2) is 53.3 Å². The molecule has 0 spiro atoms. The fourth-order valence-electron chi connectivity index (χ4n) is 4.14. The van der Waals surface area contributed by atoms with E-state index in [4.69, 9.17) is 9.72 Å². The monoisotopic (exact) mass is 467 g/mol. The molecule has 3 heterocycles. The molecule has 172 valence electrons. The molecule has 1 aliphatic rings. The van der Waals surface area contributed by atoms with Crippen LogP contribution in [0.25, 0.3) is 33.7 Å². The summed E-state index contributed by atoms with van der Waals surface area (Å²) < 4.78 is 27.0. The van der Waals surface area contributed by atoms with Crippen LogP contribution in [-0.4, -0.2) is 60.6 Å². The first-order valence-electron chi connectivity index (χ1n) is 10.6. The highest BCUT2D eigenvalue weighted by Gasteiger charge is 2.24. The van der Waals surface area contributed by atoms with Crippen molar-refractivity contribution in [1.82, 2.24) is 19.7 Å². The molecular weight excluding hydrogens is 442 g/mol. The van der Waals surface area contributed by atoms with Gasteiger partial charge in [-0.1, -0.05) is 30.3 Å². The van der Waals surface area contributed by atoms with Crippen LogP contribution in [0, 0.1) is 0 Å². The Morgan fingerprint density at radius 3 is 2.52 bits per heavy atom. The van der Waals surface area contributed by atoms with E-state index in [9.17, 15) is 13.9 Å². The van der Waals surface area contributed by atoms with Crippen molar-refractivity contribution in [1.29, 1.82) is 0 Å². The molecule has 2 aromatic carbocycles. The number of rotatable bonds is 4. The van der Waals surface area contributed by atoms with Gasteiger partial charge in [0.1, 0.15) is 22.7 Å². The lowest BCUT2D eigenvalue weighted by atomic mass is 10.1.